The standard InChI is InChI=1S/C17H20F2N4O2S/c18-12-7-8-15(13(19)11-12)26(24,25)23-10-4-1-5-14(23)17-21-20-16-6-2-3-9-22(16)17/h7-8,11,14H,1-6,9-10H2/t14-/m1/s1. The molecule has 2 aliphatic heterocycles. The van der Waals surface area contributed by atoms with Crippen LogP contribution in [0.25, 0.3) is 0 Å². The molecule has 1 aromatic carbocycles. The highest BCUT2D eigenvalue weighted by Crippen LogP contribution is 2.36. The third-order valence-electron chi connectivity index (χ3n) is 5.12. The second kappa shape index (κ2) is 6.70. The zero-order valence-electron chi connectivity index (χ0n) is 14.2. The van der Waals surface area contributed by atoms with Crippen LogP contribution in [-0.4, -0.2) is 34.0 Å². The predicted octanol–water partition coefficient (Wildman–Crippen LogP) is 2.81. The summed E-state index contributed by atoms with van der Waals surface area (Å²) in [5.74, 6) is -0.367. The summed E-state index contributed by atoms with van der Waals surface area (Å²) in [5.41, 5.74) is 0. The molecule has 1 saturated heterocycles. The molecule has 0 N–H and O–H groups in total. The topological polar surface area (TPSA) is 68.1 Å². The fourth-order valence-electron chi connectivity index (χ4n) is 3.84. The van der Waals surface area contributed by atoms with Gasteiger partial charge in [-0.2, -0.15) is 4.31 Å². The highest BCUT2D eigenvalue weighted by Gasteiger charge is 2.39. The van der Waals surface area contributed by atoms with Gasteiger partial charge >= 0.3 is 0 Å². The van der Waals surface area contributed by atoms with E-state index >= 15 is 0 Å². The van der Waals surface area contributed by atoms with Crippen molar-refractivity contribution >= 4 is 10.0 Å². The van der Waals surface area contributed by atoms with E-state index in [-0.39, 0.29) is 6.54 Å². The molecule has 3 heterocycles. The number of piperidine rings is 1. The summed E-state index contributed by atoms with van der Waals surface area (Å²) in [6, 6.07) is 2.08. The quantitative estimate of drug-likeness (QED) is 0.819. The van der Waals surface area contributed by atoms with E-state index in [4.69, 9.17) is 0 Å². The number of hydrogen-bond acceptors (Lipinski definition) is 4. The lowest BCUT2D eigenvalue weighted by Gasteiger charge is -2.34. The van der Waals surface area contributed by atoms with Crippen LogP contribution in [0.5, 0.6) is 0 Å². The minimum atomic E-state index is -4.10. The van der Waals surface area contributed by atoms with Crippen LogP contribution >= 0.6 is 0 Å². The molecule has 2 aliphatic rings. The van der Waals surface area contributed by atoms with E-state index in [0.717, 1.165) is 50.2 Å². The Morgan fingerprint density at radius 1 is 1.04 bits per heavy atom. The van der Waals surface area contributed by atoms with Gasteiger partial charge in [-0.15, -0.1) is 10.2 Å². The molecule has 0 aliphatic carbocycles. The molecule has 9 heteroatoms. The molecule has 26 heavy (non-hydrogen) atoms. The molecule has 0 radical (unpaired) electrons. The first kappa shape index (κ1) is 17.5. The van der Waals surface area contributed by atoms with Gasteiger partial charge in [0.1, 0.15) is 22.4 Å². The fourth-order valence-corrected chi connectivity index (χ4v) is 5.54. The summed E-state index contributed by atoms with van der Waals surface area (Å²) in [4.78, 5) is -0.496. The smallest absolute Gasteiger partial charge is 0.246 e. The number of rotatable bonds is 3. The molecule has 0 saturated carbocycles. The van der Waals surface area contributed by atoms with Gasteiger partial charge in [0.2, 0.25) is 10.0 Å². The van der Waals surface area contributed by atoms with Gasteiger partial charge in [0.05, 0.1) is 6.04 Å². The first-order valence-corrected chi connectivity index (χ1v) is 10.3. The van der Waals surface area contributed by atoms with E-state index in [0.29, 0.717) is 24.7 Å². The molecule has 0 unspecified atom stereocenters. The second-order valence-corrected chi connectivity index (χ2v) is 8.64. The van der Waals surface area contributed by atoms with Gasteiger partial charge in [-0.25, -0.2) is 17.2 Å². The van der Waals surface area contributed by atoms with E-state index in [2.05, 4.69) is 10.2 Å². The van der Waals surface area contributed by atoms with Crippen LogP contribution in [0.3, 0.4) is 0 Å². The average molecular weight is 382 g/mol. The van der Waals surface area contributed by atoms with Gasteiger partial charge < -0.3 is 4.57 Å². The normalized spacial score (nSPS) is 21.5. The average Bonchev–Trinajstić information content (AvgIpc) is 3.05. The summed E-state index contributed by atoms with van der Waals surface area (Å²) >= 11 is 0. The summed E-state index contributed by atoms with van der Waals surface area (Å²) < 4.78 is 56.9. The van der Waals surface area contributed by atoms with Crippen molar-refractivity contribution in [3.05, 3.63) is 41.5 Å². The Morgan fingerprint density at radius 2 is 1.85 bits per heavy atom. The lowest BCUT2D eigenvalue weighted by molar-refractivity contribution is 0.238. The minimum absolute atomic E-state index is 0.284. The number of nitrogens with zero attached hydrogens (tertiary/aromatic N) is 4. The van der Waals surface area contributed by atoms with E-state index in [9.17, 15) is 17.2 Å². The number of aryl methyl sites for hydroxylation is 1. The van der Waals surface area contributed by atoms with Gasteiger partial charge in [0, 0.05) is 25.6 Å². The zero-order chi connectivity index (χ0) is 18.3. The number of aromatic nitrogens is 3. The molecule has 140 valence electrons. The van der Waals surface area contributed by atoms with E-state index in [1.165, 1.54) is 4.31 Å². The van der Waals surface area contributed by atoms with Crippen LogP contribution in [0.1, 0.15) is 49.8 Å². The first-order valence-electron chi connectivity index (χ1n) is 8.87. The maximum absolute atomic E-state index is 14.2. The monoisotopic (exact) mass is 382 g/mol. The van der Waals surface area contributed by atoms with Crippen LogP contribution in [-0.2, 0) is 23.0 Å². The Kier molecular flexibility index (Phi) is 4.52. The molecule has 4 rings (SSSR count). The Bertz CT molecular complexity index is 929. The van der Waals surface area contributed by atoms with E-state index in [1.807, 2.05) is 4.57 Å². The van der Waals surface area contributed by atoms with Crippen LogP contribution < -0.4 is 0 Å². The molecule has 1 aromatic heterocycles. The van der Waals surface area contributed by atoms with Crippen LogP contribution in [0, 0.1) is 11.6 Å². The van der Waals surface area contributed by atoms with Crippen molar-refractivity contribution in [2.24, 2.45) is 0 Å². The molecule has 0 bridgehead atoms. The van der Waals surface area contributed by atoms with E-state index in [1.54, 1.807) is 0 Å². The molecular weight excluding hydrogens is 362 g/mol. The van der Waals surface area contributed by atoms with E-state index < -0.39 is 32.6 Å². The SMILES string of the molecule is O=S(=O)(c1ccc(F)cc1F)N1CCCC[C@@H]1c1nnc2n1CCCC2. The lowest BCUT2D eigenvalue weighted by Crippen LogP contribution is -2.40. The molecule has 2 aromatic rings. The van der Waals surface area contributed by atoms with Crippen molar-refractivity contribution in [3.63, 3.8) is 0 Å². The fraction of sp³-hybridized carbons (Fsp3) is 0.529. The molecular formula is C17H20F2N4O2S. The summed E-state index contributed by atoms with van der Waals surface area (Å²) in [6.45, 7) is 1.05. The molecule has 1 fully saturated rings. The van der Waals surface area contributed by atoms with Gasteiger partial charge in [0.25, 0.3) is 0 Å². The molecule has 6 nitrogen and oxygen atoms in total. The predicted molar refractivity (Wildman–Crippen MR) is 89.8 cm³/mol. The van der Waals surface area contributed by atoms with Crippen molar-refractivity contribution in [1.82, 2.24) is 19.1 Å². The highest BCUT2D eigenvalue weighted by atomic mass is 32.2. The Balaban J connectivity index is 1.75. The highest BCUT2D eigenvalue weighted by molar-refractivity contribution is 7.89. The Hall–Kier alpha value is -1.87. The van der Waals surface area contributed by atoms with Crippen LogP contribution in [0.4, 0.5) is 8.78 Å². The third-order valence-corrected chi connectivity index (χ3v) is 7.06. The maximum Gasteiger partial charge on any atom is 0.246 e. The number of fused-ring (bicyclic) bond motifs is 1. The lowest BCUT2D eigenvalue weighted by atomic mass is 10.0. The molecule has 0 amide bonds. The summed E-state index contributed by atoms with van der Waals surface area (Å²) in [6.07, 6.45) is 5.05. The van der Waals surface area contributed by atoms with Gasteiger partial charge in [-0.1, -0.05) is 6.42 Å². The van der Waals surface area contributed by atoms with Crippen LogP contribution in [0.15, 0.2) is 23.1 Å². The van der Waals surface area contributed by atoms with Crippen molar-refractivity contribution in [3.8, 4) is 0 Å². The van der Waals surface area contributed by atoms with Crippen molar-refractivity contribution < 1.29 is 17.2 Å². The molecule has 1 atom stereocenters. The van der Waals surface area contributed by atoms with Crippen LogP contribution in [0.2, 0.25) is 0 Å². The van der Waals surface area contributed by atoms with Crippen molar-refractivity contribution in [1.29, 1.82) is 0 Å². The number of halogens is 2. The number of sulfonamides is 1. The summed E-state index contributed by atoms with van der Waals surface area (Å²) in [7, 11) is -4.10. The zero-order valence-corrected chi connectivity index (χ0v) is 15.1. The first-order chi connectivity index (χ1) is 12.5. The third kappa shape index (κ3) is 2.92. The Morgan fingerprint density at radius 3 is 2.65 bits per heavy atom. The van der Waals surface area contributed by atoms with Gasteiger partial charge in [0.15, 0.2) is 5.82 Å². The minimum Gasteiger partial charge on any atom is -0.314 e. The summed E-state index contributed by atoms with van der Waals surface area (Å²) in [5, 5.41) is 8.49. The number of hydrogen-bond donors (Lipinski definition) is 0. The maximum atomic E-state index is 14.2. The second-order valence-electron chi connectivity index (χ2n) is 6.79. The number of benzene rings is 1. The van der Waals surface area contributed by atoms with Gasteiger partial charge in [-0.05, 0) is 37.8 Å². The molecule has 0 spiro atoms. The Labute approximate surface area is 150 Å². The van der Waals surface area contributed by atoms with Crippen molar-refractivity contribution in [2.75, 3.05) is 6.54 Å². The van der Waals surface area contributed by atoms with Gasteiger partial charge in [-0.3, -0.25) is 0 Å². The largest absolute Gasteiger partial charge is 0.314 e. The van der Waals surface area contributed by atoms with Crippen molar-refractivity contribution in [2.45, 2.75) is 56.0 Å².